The number of carbonyl (C=O) groups excluding carboxylic acids is 1. The maximum atomic E-state index is 11.9. The summed E-state index contributed by atoms with van der Waals surface area (Å²) < 4.78 is 6.82. The van der Waals surface area contributed by atoms with E-state index in [0.717, 1.165) is 5.52 Å². The number of rotatable bonds is 6. The largest absolute Gasteiger partial charge is 0.462 e. The first kappa shape index (κ1) is 17.6. The van der Waals surface area contributed by atoms with Gasteiger partial charge in [0.1, 0.15) is 5.82 Å². The van der Waals surface area contributed by atoms with Gasteiger partial charge in [0, 0.05) is 24.2 Å². The molecule has 0 saturated carbocycles. The number of nitrogens with zero attached hydrogens (tertiary/aromatic N) is 3. The van der Waals surface area contributed by atoms with Crippen LogP contribution in [0.1, 0.15) is 17.3 Å². The van der Waals surface area contributed by atoms with E-state index < -0.39 is 10.9 Å². The number of ether oxygens (including phenoxy) is 1. The lowest BCUT2D eigenvalue weighted by molar-refractivity contribution is -0.384. The van der Waals surface area contributed by atoms with Crippen molar-refractivity contribution in [2.75, 3.05) is 13.2 Å². The third kappa shape index (κ3) is 3.27. The standard InChI is InChI=1S/C18H17N3O5/c1-2-26-18(23)13-5-8-16-15(11-13)19-17(20(16)9-10-22)12-3-6-14(7-4-12)21(24)25/h3-8,11,22H,2,9-10H2,1H3. The minimum absolute atomic E-state index is 0.0110. The van der Waals surface area contributed by atoms with Crippen molar-refractivity contribution in [3.63, 3.8) is 0 Å². The number of nitro groups is 1. The van der Waals surface area contributed by atoms with Gasteiger partial charge in [-0.25, -0.2) is 9.78 Å². The van der Waals surface area contributed by atoms with E-state index in [-0.39, 0.29) is 18.9 Å². The van der Waals surface area contributed by atoms with Crippen molar-refractivity contribution < 1.29 is 19.6 Å². The molecule has 0 aliphatic heterocycles. The number of hydrogen-bond donors (Lipinski definition) is 1. The van der Waals surface area contributed by atoms with Gasteiger partial charge in [-0.2, -0.15) is 0 Å². The average Bonchev–Trinajstić information content (AvgIpc) is 3.00. The normalized spacial score (nSPS) is 10.8. The molecule has 8 heteroatoms. The number of aromatic nitrogens is 2. The molecule has 0 spiro atoms. The van der Waals surface area contributed by atoms with E-state index in [1.54, 1.807) is 37.3 Å². The second kappa shape index (κ2) is 7.32. The summed E-state index contributed by atoms with van der Waals surface area (Å²) in [6, 6.07) is 11.1. The van der Waals surface area contributed by atoms with E-state index in [4.69, 9.17) is 4.74 Å². The fourth-order valence-electron chi connectivity index (χ4n) is 2.75. The van der Waals surface area contributed by atoms with Gasteiger partial charge in [0.15, 0.2) is 0 Å². The molecule has 2 aromatic carbocycles. The van der Waals surface area contributed by atoms with Crippen molar-refractivity contribution in [3.8, 4) is 11.4 Å². The highest BCUT2D eigenvalue weighted by Crippen LogP contribution is 2.27. The molecular formula is C18H17N3O5. The maximum Gasteiger partial charge on any atom is 0.338 e. The summed E-state index contributed by atoms with van der Waals surface area (Å²) >= 11 is 0. The summed E-state index contributed by atoms with van der Waals surface area (Å²) in [5.41, 5.74) is 2.39. The topological polar surface area (TPSA) is 107 Å². The van der Waals surface area contributed by atoms with Crippen molar-refractivity contribution in [2.45, 2.75) is 13.5 Å². The van der Waals surface area contributed by atoms with Crippen molar-refractivity contribution in [3.05, 3.63) is 58.1 Å². The summed E-state index contributed by atoms with van der Waals surface area (Å²) in [5.74, 6) is 0.132. The van der Waals surface area contributed by atoms with Crippen molar-refractivity contribution in [1.82, 2.24) is 9.55 Å². The molecular weight excluding hydrogens is 338 g/mol. The predicted molar refractivity (Wildman–Crippen MR) is 94.9 cm³/mol. The molecule has 0 amide bonds. The minimum Gasteiger partial charge on any atom is -0.462 e. The Bertz CT molecular complexity index is 963. The molecule has 0 saturated heterocycles. The van der Waals surface area contributed by atoms with E-state index in [9.17, 15) is 20.0 Å². The Labute approximate surface area is 148 Å². The van der Waals surface area contributed by atoms with Gasteiger partial charge in [0.05, 0.1) is 34.7 Å². The van der Waals surface area contributed by atoms with Gasteiger partial charge < -0.3 is 14.4 Å². The molecule has 0 aliphatic carbocycles. The van der Waals surface area contributed by atoms with Crippen LogP contribution >= 0.6 is 0 Å². The Balaban J connectivity index is 2.10. The first-order valence-corrected chi connectivity index (χ1v) is 8.08. The number of esters is 1. The highest BCUT2D eigenvalue weighted by Gasteiger charge is 2.16. The minimum atomic E-state index is -0.466. The SMILES string of the molecule is CCOC(=O)c1ccc2c(c1)nc(-c1ccc([N+](=O)[O-])cc1)n2CCO. The Morgan fingerprint density at radius 3 is 2.62 bits per heavy atom. The summed E-state index contributed by atoms with van der Waals surface area (Å²) in [6.07, 6.45) is 0. The number of nitro benzene ring substituents is 1. The highest BCUT2D eigenvalue weighted by molar-refractivity contribution is 5.94. The van der Waals surface area contributed by atoms with Crippen molar-refractivity contribution in [2.24, 2.45) is 0 Å². The second-order valence-corrected chi connectivity index (χ2v) is 5.54. The van der Waals surface area contributed by atoms with Crippen LogP contribution in [0.2, 0.25) is 0 Å². The molecule has 3 aromatic rings. The molecule has 0 unspecified atom stereocenters. The number of imidazole rings is 1. The Hall–Kier alpha value is -3.26. The number of carbonyl (C=O) groups is 1. The first-order chi connectivity index (χ1) is 12.5. The third-order valence-electron chi connectivity index (χ3n) is 3.92. The Morgan fingerprint density at radius 2 is 2.00 bits per heavy atom. The Morgan fingerprint density at radius 1 is 1.27 bits per heavy atom. The van der Waals surface area contributed by atoms with Crippen LogP contribution in [-0.4, -0.2) is 38.8 Å². The number of benzene rings is 2. The zero-order valence-corrected chi connectivity index (χ0v) is 14.1. The molecule has 8 nitrogen and oxygen atoms in total. The van der Waals surface area contributed by atoms with Crippen LogP contribution in [0, 0.1) is 10.1 Å². The lowest BCUT2D eigenvalue weighted by atomic mass is 10.2. The molecule has 0 bridgehead atoms. The third-order valence-corrected chi connectivity index (χ3v) is 3.92. The van der Waals surface area contributed by atoms with E-state index in [1.165, 1.54) is 12.1 Å². The Kier molecular flexibility index (Phi) is 4.94. The monoisotopic (exact) mass is 355 g/mol. The fourth-order valence-corrected chi connectivity index (χ4v) is 2.75. The molecule has 134 valence electrons. The van der Waals surface area contributed by atoms with Gasteiger partial charge >= 0.3 is 5.97 Å². The van der Waals surface area contributed by atoms with Crippen LogP contribution in [0.3, 0.4) is 0 Å². The quantitative estimate of drug-likeness (QED) is 0.414. The van der Waals surface area contributed by atoms with Gasteiger partial charge in [-0.1, -0.05) is 0 Å². The maximum absolute atomic E-state index is 11.9. The predicted octanol–water partition coefficient (Wildman–Crippen LogP) is 2.78. The van der Waals surface area contributed by atoms with Crippen LogP contribution in [-0.2, 0) is 11.3 Å². The fraction of sp³-hybridized carbons (Fsp3) is 0.222. The second-order valence-electron chi connectivity index (χ2n) is 5.54. The van der Waals surface area contributed by atoms with Gasteiger partial charge in [-0.3, -0.25) is 10.1 Å². The first-order valence-electron chi connectivity index (χ1n) is 8.08. The van der Waals surface area contributed by atoms with E-state index in [2.05, 4.69) is 4.98 Å². The van der Waals surface area contributed by atoms with E-state index >= 15 is 0 Å². The van der Waals surface area contributed by atoms with Gasteiger partial charge in [-0.15, -0.1) is 0 Å². The molecule has 0 aliphatic rings. The van der Waals surface area contributed by atoms with Crippen LogP contribution in [0.5, 0.6) is 0 Å². The molecule has 0 fully saturated rings. The van der Waals surface area contributed by atoms with E-state index in [0.29, 0.717) is 29.0 Å². The van der Waals surface area contributed by atoms with Gasteiger partial charge in [0.25, 0.3) is 5.69 Å². The summed E-state index contributed by atoms with van der Waals surface area (Å²) in [4.78, 5) is 26.8. The van der Waals surface area contributed by atoms with Crippen LogP contribution in [0.15, 0.2) is 42.5 Å². The van der Waals surface area contributed by atoms with Gasteiger partial charge in [0.2, 0.25) is 0 Å². The number of aliphatic hydroxyl groups excluding tert-OH is 1. The van der Waals surface area contributed by atoms with Crippen LogP contribution in [0.25, 0.3) is 22.4 Å². The molecule has 1 heterocycles. The summed E-state index contributed by atoms with van der Waals surface area (Å²) in [5, 5.41) is 20.2. The van der Waals surface area contributed by atoms with Crippen LogP contribution < -0.4 is 0 Å². The molecule has 1 aromatic heterocycles. The van der Waals surface area contributed by atoms with Gasteiger partial charge in [-0.05, 0) is 37.3 Å². The molecule has 0 radical (unpaired) electrons. The zero-order valence-electron chi connectivity index (χ0n) is 14.1. The molecule has 26 heavy (non-hydrogen) atoms. The molecule has 3 rings (SSSR count). The average molecular weight is 355 g/mol. The number of fused-ring (bicyclic) bond motifs is 1. The molecule has 0 atom stereocenters. The molecule has 1 N–H and O–H groups in total. The summed E-state index contributed by atoms with van der Waals surface area (Å²) in [7, 11) is 0. The smallest absolute Gasteiger partial charge is 0.338 e. The summed E-state index contributed by atoms with van der Waals surface area (Å²) in [6.45, 7) is 2.23. The van der Waals surface area contributed by atoms with E-state index in [1.807, 2.05) is 4.57 Å². The van der Waals surface area contributed by atoms with Crippen molar-refractivity contribution >= 4 is 22.7 Å². The number of non-ortho nitro benzene ring substituents is 1. The van der Waals surface area contributed by atoms with Crippen LogP contribution in [0.4, 0.5) is 5.69 Å². The number of aliphatic hydroxyl groups is 1. The zero-order chi connectivity index (χ0) is 18.7. The van der Waals surface area contributed by atoms with Crippen molar-refractivity contribution in [1.29, 1.82) is 0 Å². The number of hydrogen-bond acceptors (Lipinski definition) is 6. The lowest BCUT2D eigenvalue weighted by Gasteiger charge is -2.07. The lowest BCUT2D eigenvalue weighted by Crippen LogP contribution is -2.05. The highest BCUT2D eigenvalue weighted by atomic mass is 16.6.